The number of aromatic hydroxyl groups is 1. The number of phenols is 1. The first-order valence-electron chi connectivity index (χ1n) is 6.34. The normalized spacial score (nSPS) is 11.7. The molecule has 104 valence electrons. The van der Waals surface area contributed by atoms with Gasteiger partial charge in [-0.3, -0.25) is 9.59 Å². The van der Waals surface area contributed by atoms with E-state index >= 15 is 0 Å². The highest BCUT2D eigenvalue weighted by atomic mass is 16.3. The molecule has 1 atom stereocenters. The van der Waals surface area contributed by atoms with Gasteiger partial charge in [-0.2, -0.15) is 0 Å². The Morgan fingerprint density at radius 1 is 1.37 bits per heavy atom. The number of hydrogen-bond acceptors (Lipinski definition) is 3. The van der Waals surface area contributed by atoms with E-state index < -0.39 is 11.9 Å². The molecule has 5 nitrogen and oxygen atoms in total. The first kappa shape index (κ1) is 15.0. The van der Waals surface area contributed by atoms with Crippen LogP contribution in [0.3, 0.4) is 0 Å². The fourth-order valence-electron chi connectivity index (χ4n) is 1.57. The van der Waals surface area contributed by atoms with Crippen molar-refractivity contribution in [3.63, 3.8) is 0 Å². The molecule has 0 spiro atoms. The lowest BCUT2D eigenvalue weighted by atomic mass is 10.1. The molecule has 0 aromatic heterocycles. The van der Waals surface area contributed by atoms with Crippen LogP contribution in [0, 0.1) is 6.92 Å². The highest BCUT2D eigenvalue weighted by Crippen LogP contribution is 2.17. The lowest BCUT2D eigenvalue weighted by Crippen LogP contribution is -2.45. The Bertz CT molecular complexity index is 472. The van der Waals surface area contributed by atoms with Crippen LogP contribution in [0.1, 0.15) is 36.2 Å². The molecule has 0 saturated heterocycles. The van der Waals surface area contributed by atoms with Gasteiger partial charge in [-0.25, -0.2) is 0 Å². The molecule has 5 heteroatoms. The van der Waals surface area contributed by atoms with Crippen molar-refractivity contribution in [2.45, 2.75) is 33.2 Å². The third kappa shape index (κ3) is 4.28. The average Bonchev–Trinajstić information content (AvgIpc) is 2.38. The summed E-state index contributed by atoms with van der Waals surface area (Å²) < 4.78 is 0. The summed E-state index contributed by atoms with van der Waals surface area (Å²) in [5, 5.41) is 14.9. The summed E-state index contributed by atoms with van der Waals surface area (Å²) in [7, 11) is 0. The first-order chi connectivity index (χ1) is 8.95. The molecule has 3 N–H and O–H groups in total. The van der Waals surface area contributed by atoms with Crippen molar-refractivity contribution < 1.29 is 14.7 Å². The second-order valence-corrected chi connectivity index (χ2v) is 4.51. The minimum absolute atomic E-state index is 0.0933. The molecule has 0 radical (unpaired) electrons. The van der Waals surface area contributed by atoms with E-state index in [2.05, 4.69) is 10.6 Å². The number of aryl methyl sites for hydroxylation is 1. The number of carbonyl (C=O) groups is 2. The van der Waals surface area contributed by atoms with Crippen molar-refractivity contribution in [2.75, 3.05) is 6.54 Å². The van der Waals surface area contributed by atoms with Crippen LogP contribution in [-0.2, 0) is 4.79 Å². The predicted octanol–water partition coefficient (Wildman–Crippen LogP) is 1.35. The summed E-state index contributed by atoms with van der Waals surface area (Å²) in [5.41, 5.74) is 1.04. The van der Waals surface area contributed by atoms with E-state index in [0.29, 0.717) is 6.54 Å². The molecular formula is C14H20N2O3. The maximum Gasteiger partial charge on any atom is 0.255 e. The van der Waals surface area contributed by atoms with Crippen molar-refractivity contribution >= 4 is 11.8 Å². The standard InChI is InChI=1S/C14H20N2O3/c1-4-7-15-13(18)10(3)16-14(19)11-8-9(2)5-6-12(11)17/h5-6,8,10,17H,4,7H2,1-3H3,(H,15,18)(H,16,19). The minimum atomic E-state index is -0.640. The highest BCUT2D eigenvalue weighted by molar-refractivity contribution is 5.99. The van der Waals surface area contributed by atoms with E-state index in [4.69, 9.17) is 0 Å². The van der Waals surface area contributed by atoms with Crippen LogP contribution in [0.25, 0.3) is 0 Å². The molecule has 0 fully saturated rings. The number of phenolic OH excluding ortho intramolecular Hbond substituents is 1. The van der Waals surface area contributed by atoms with E-state index in [1.807, 2.05) is 13.8 Å². The molecule has 2 amide bonds. The SMILES string of the molecule is CCCNC(=O)C(C)NC(=O)c1cc(C)ccc1O. The fourth-order valence-corrected chi connectivity index (χ4v) is 1.57. The first-order valence-corrected chi connectivity index (χ1v) is 6.34. The zero-order valence-electron chi connectivity index (χ0n) is 11.5. The van der Waals surface area contributed by atoms with Crippen molar-refractivity contribution in [2.24, 2.45) is 0 Å². The molecule has 0 aliphatic rings. The van der Waals surface area contributed by atoms with Gasteiger partial charge in [0, 0.05) is 6.54 Å². The van der Waals surface area contributed by atoms with Crippen molar-refractivity contribution in [1.29, 1.82) is 0 Å². The summed E-state index contributed by atoms with van der Waals surface area (Å²) in [6.07, 6.45) is 0.838. The summed E-state index contributed by atoms with van der Waals surface area (Å²) >= 11 is 0. The Kier molecular flexibility index (Phi) is 5.36. The molecule has 1 unspecified atom stereocenters. The Labute approximate surface area is 113 Å². The number of benzene rings is 1. The topological polar surface area (TPSA) is 78.4 Å². The van der Waals surface area contributed by atoms with Crippen LogP contribution in [0.2, 0.25) is 0 Å². The van der Waals surface area contributed by atoms with Crippen molar-refractivity contribution in [3.05, 3.63) is 29.3 Å². The summed E-state index contributed by atoms with van der Waals surface area (Å²) in [4.78, 5) is 23.6. The zero-order valence-corrected chi connectivity index (χ0v) is 11.5. The van der Waals surface area contributed by atoms with E-state index in [9.17, 15) is 14.7 Å². The monoisotopic (exact) mass is 264 g/mol. The second-order valence-electron chi connectivity index (χ2n) is 4.51. The van der Waals surface area contributed by atoms with Crippen LogP contribution >= 0.6 is 0 Å². The molecular weight excluding hydrogens is 244 g/mol. The van der Waals surface area contributed by atoms with Gasteiger partial charge in [0.15, 0.2) is 0 Å². The summed E-state index contributed by atoms with van der Waals surface area (Å²) in [6.45, 7) is 5.96. The lowest BCUT2D eigenvalue weighted by Gasteiger charge is -2.14. The number of amides is 2. The molecule has 0 saturated carbocycles. The van der Waals surface area contributed by atoms with Crippen LogP contribution < -0.4 is 10.6 Å². The van der Waals surface area contributed by atoms with E-state index in [0.717, 1.165) is 12.0 Å². The molecule has 1 aromatic rings. The van der Waals surface area contributed by atoms with Gasteiger partial charge in [0.2, 0.25) is 5.91 Å². The molecule has 1 aromatic carbocycles. The third-order valence-corrected chi connectivity index (χ3v) is 2.69. The maximum absolute atomic E-state index is 12.0. The molecule has 0 bridgehead atoms. The Morgan fingerprint density at radius 3 is 2.68 bits per heavy atom. The fraction of sp³-hybridized carbons (Fsp3) is 0.429. The van der Waals surface area contributed by atoms with Gasteiger partial charge in [-0.15, -0.1) is 0 Å². The average molecular weight is 264 g/mol. The van der Waals surface area contributed by atoms with Crippen LogP contribution in [0.5, 0.6) is 5.75 Å². The number of hydrogen-bond donors (Lipinski definition) is 3. The van der Waals surface area contributed by atoms with Gasteiger partial charge in [0.25, 0.3) is 5.91 Å². The third-order valence-electron chi connectivity index (χ3n) is 2.69. The van der Waals surface area contributed by atoms with E-state index in [-0.39, 0.29) is 17.2 Å². The van der Waals surface area contributed by atoms with Gasteiger partial charge >= 0.3 is 0 Å². The molecule has 0 aliphatic carbocycles. The maximum atomic E-state index is 12.0. The van der Waals surface area contributed by atoms with Crippen LogP contribution in [-0.4, -0.2) is 29.5 Å². The van der Waals surface area contributed by atoms with Crippen molar-refractivity contribution in [3.8, 4) is 5.75 Å². The second kappa shape index (κ2) is 6.78. The van der Waals surface area contributed by atoms with Crippen LogP contribution in [0.15, 0.2) is 18.2 Å². The number of nitrogens with one attached hydrogen (secondary N) is 2. The molecule has 1 rings (SSSR count). The highest BCUT2D eigenvalue weighted by Gasteiger charge is 2.18. The van der Waals surface area contributed by atoms with Gasteiger partial charge in [-0.1, -0.05) is 18.6 Å². The van der Waals surface area contributed by atoms with Gasteiger partial charge in [0.1, 0.15) is 11.8 Å². The Morgan fingerprint density at radius 2 is 2.05 bits per heavy atom. The molecule has 19 heavy (non-hydrogen) atoms. The van der Waals surface area contributed by atoms with Crippen molar-refractivity contribution in [1.82, 2.24) is 10.6 Å². The van der Waals surface area contributed by atoms with Gasteiger partial charge in [0.05, 0.1) is 5.56 Å². The lowest BCUT2D eigenvalue weighted by molar-refractivity contribution is -0.122. The Hall–Kier alpha value is -2.04. The van der Waals surface area contributed by atoms with E-state index in [1.54, 1.807) is 19.1 Å². The smallest absolute Gasteiger partial charge is 0.255 e. The van der Waals surface area contributed by atoms with Crippen LogP contribution in [0.4, 0.5) is 0 Å². The van der Waals surface area contributed by atoms with Gasteiger partial charge < -0.3 is 15.7 Å². The quantitative estimate of drug-likeness (QED) is 0.751. The number of carbonyl (C=O) groups excluding carboxylic acids is 2. The predicted molar refractivity (Wildman–Crippen MR) is 73.1 cm³/mol. The number of rotatable bonds is 5. The zero-order chi connectivity index (χ0) is 14.4. The molecule has 0 heterocycles. The van der Waals surface area contributed by atoms with E-state index in [1.165, 1.54) is 6.07 Å². The Balaban J connectivity index is 2.68. The summed E-state index contributed by atoms with van der Waals surface area (Å²) in [6, 6.07) is 4.12. The summed E-state index contributed by atoms with van der Waals surface area (Å²) in [5.74, 6) is -0.785. The van der Waals surface area contributed by atoms with Gasteiger partial charge in [-0.05, 0) is 32.4 Å². The molecule has 0 aliphatic heterocycles. The largest absolute Gasteiger partial charge is 0.507 e. The minimum Gasteiger partial charge on any atom is -0.507 e.